The third-order valence-electron chi connectivity index (χ3n) is 5.08. The number of amides is 1. The topological polar surface area (TPSA) is 86.3 Å². The number of nitrogens with one attached hydrogen (secondary N) is 1. The van der Waals surface area contributed by atoms with Crippen LogP contribution >= 0.6 is 0 Å². The van der Waals surface area contributed by atoms with Crippen LogP contribution in [0, 0.1) is 13.8 Å². The zero-order chi connectivity index (χ0) is 23.2. The summed E-state index contributed by atoms with van der Waals surface area (Å²) in [6.45, 7) is 3.49. The van der Waals surface area contributed by atoms with Gasteiger partial charge in [0.2, 0.25) is 0 Å². The molecule has 4 rings (SSSR count). The van der Waals surface area contributed by atoms with Crippen molar-refractivity contribution in [2.45, 2.75) is 20.0 Å². The van der Waals surface area contributed by atoms with E-state index < -0.39 is 17.8 Å². The van der Waals surface area contributed by atoms with E-state index in [1.54, 1.807) is 49.8 Å². The Hall–Kier alpha value is -3.89. The van der Waals surface area contributed by atoms with Crippen LogP contribution in [0.15, 0.2) is 36.4 Å². The number of nitrogens with zero attached hydrogens (tertiary/aromatic N) is 5. The molecule has 0 radical (unpaired) electrons. The van der Waals surface area contributed by atoms with Crippen molar-refractivity contribution in [3.05, 3.63) is 59.2 Å². The van der Waals surface area contributed by atoms with Crippen LogP contribution in [0.3, 0.4) is 0 Å². The third kappa shape index (κ3) is 3.77. The van der Waals surface area contributed by atoms with Gasteiger partial charge in [-0.1, -0.05) is 0 Å². The minimum Gasteiger partial charge on any atom is -0.497 e. The van der Waals surface area contributed by atoms with Crippen molar-refractivity contribution in [3.8, 4) is 17.0 Å². The van der Waals surface area contributed by atoms with E-state index >= 15 is 0 Å². The number of halogens is 3. The Bertz CT molecular complexity index is 1320. The highest BCUT2D eigenvalue weighted by atomic mass is 19.4. The molecule has 3 aromatic heterocycles. The molecule has 0 spiro atoms. The molecule has 0 aliphatic rings. The summed E-state index contributed by atoms with van der Waals surface area (Å²) < 4.78 is 48.6. The van der Waals surface area contributed by atoms with Crippen LogP contribution in [0.2, 0.25) is 0 Å². The van der Waals surface area contributed by atoms with E-state index in [-0.39, 0.29) is 17.0 Å². The fourth-order valence-electron chi connectivity index (χ4n) is 3.33. The molecular weight excluding hydrogens is 425 g/mol. The van der Waals surface area contributed by atoms with Crippen LogP contribution in [0.5, 0.6) is 5.75 Å². The molecule has 0 saturated carbocycles. The summed E-state index contributed by atoms with van der Waals surface area (Å²) in [5, 5.41) is 10.8. The molecule has 4 aromatic rings. The average Bonchev–Trinajstić information content (AvgIpc) is 3.28. The maximum atomic E-state index is 13.8. The fourth-order valence-corrected chi connectivity index (χ4v) is 3.33. The highest BCUT2D eigenvalue weighted by molar-refractivity contribution is 6.04. The van der Waals surface area contributed by atoms with Gasteiger partial charge in [-0.15, -0.1) is 0 Å². The van der Waals surface area contributed by atoms with Crippen molar-refractivity contribution in [3.63, 3.8) is 0 Å². The third-order valence-corrected chi connectivity index (χ3v) is 5.08. The first-order valence-corrected chi connectivity index (χ1v) is 9.52. The predicted octanol–water partition coefficient (Wildman–Crippen LogP) is 4.03. The van der Waals surface area contributed by atoms with Gasteiger partial charge in [-0.25, -0.2) is 9.50 Å². The van der Waals surface area contributed by atoms with E-state index in [1.807, 2.05) is 0 Å². The number of benzene rings is 1. The summed E-state index contributed by atoms with van der Waals surface area (Å²) in [6.07, 6.45) is -4.71. The molecule has 11 heteroatoms. The normalized spacial score (nSPS) is 11.7. The van der Waals surface area contributed by atoms with Crippen LogP contribution in [0.1, 0.15) is 27.6 Å². The molecule has 32 heavy (non-hydrogen) atoms. The SMILES string of the molecule is COc1ccc(-c2cc(C(F)(F)F)n3nc(C(=O)Nc4c(C)nn(C)c4C)cc3n2)cc1. The van der Waals surface area contributed by atoms with Gasteiger partial charge in [-0.05, 0) is 44.2 Å². The van der Waals surface area contributed by atoms with Crippen molar-refractivity contribution in [2.24, 2.45) is 7.05 Å². The fraction of sp³-hybridized carbons (Fsp3) is 0.238. The number of alkyl halides is 3. The van der Waals surface area contributed by atoms with Gasteiger partial charge in [0, 0.05) is 18.7 Å². The molecule has 0 aliphatic heterocycles. The Balaban J connectivity index is 1.78. The molecule has 8 nitrogen and oxygen atoms in total. The van der Waals surface area contributed by atoms with Gasteiger partial charge in [0.05, 0.1) is 29.9 Å². The Morgan fingerprint density at radius 2 is 1.78 bits per heavy atom. The van der Waals surface area contributed by atoms with E-state index in [0.29, 0.717) is 32.9 Å². The molecule has 0 aliphatic carbocycles. The van der Waals surface area contributed by atoms with Gasteiger partial charge in [0.15, 0.2) is 17.0 Å². The first-order chi connectivity index (χ1) is 15.1. The van der Waals surface area contributed by atoms with Crippen LogP contribution in [-0.4, -0.2) is 37.4 Å². The number of ether oxygens (including phenoxy) is 1. The smallest absolute Gasteiger partial charge is 0.433 e. The lowest BCUT2D eigenvalue weighted by molar-refractivity contribution is -0.142. The molecule has 0 atom stereocenters. The maximum absolute atomic E-state index is 13.8. The lowest BCUT2D eigenvalue weighted by Gasteiger charge is -2.11. The largest absolute Gasteiger partial charge is 0.497 e. The van der Waals surface area contributed by atoms with Crippen molar-refractivity contribution < 1.29 is 22.7 Å². The second-order valence-electron chi connectivity index (χ2n) is 7.18. The Morgan fingerprint density at radius 1 is 1.09 bits per heavy atom. The van der Waals surface area contributed by atoms with Crippen molar-refractivity contribution >= 4 is 17.2 Å². The minimum atomic E-state index is -4.71. The van der Waals surface area contributed by atoms with Crippen molar-refractivity contribution in [1.82, 2.24) is 24.4 Å². The van der Waals surface area contributed by atoms with E-state index in [9.17, 15) is 18.0 Å². The van der Waals surface area contributed by atoms with Crippen molar-refractivity contribution in [1.29, 1.82) is 0 Å². The molecule has 0 unspecified atom stereocenters. The highest BCUT2D eigenvalue weighted by Crippen LogP contribution is 2.33. The van der Waals surface area contributed by atoms with Gasteiger partial charge < -0.3 is 10.1 Å². The molecule has 3 heterocycles. The zero-order valence-corrected chi connectivity index (χ0v) is 17.7. The van der Waals surface area contributed by atoms with Gasteiger partial charge in [-0.2, -0.15) is 23.4 Å². The van der Waals surface area contributed by atoms with Crippen LogP contribution in [0.25, 0.3) is 16.9 Å². The van der Waals surface area contributed by atoms with Gasteiger partial charge in [0.25, 0.3) is 5.91 Å². The first-order valence-electron chi connectivity index (χ1n) is 9.52. The second kappa shape index (κ2) is 7.66. The quantitative estimate of drug-likeness (QED) is 0.514. The molecular formula is C21H19F3N6O2. The second-order valence-corrected chi connectivity index (χ2v) is 7.18. The summed E-state index contributed by atoms with van der Waals surface area (Å²) >= 11 is 0. The number of aromatic nitrogens is 5. The Morgan fingerprint density at radius 3 is 2.34 bits per heavy atom. The van der Waals surface area contributed by atoms with Gasteiger partial charge in [-0.3, -0.25) is 9.48 Å². The summed E-state index contributed by atoms with van der Waals surface area (Å²) in [7, 11) is 3.22. The maximum Gasteiger partial charge on any atom is 0.433 e. The average molecular weight is 444 g/mol. The summed E-state index contributed by atoms with van der Waals surface area (Å²) in [6, 6.07) is 8.59. The zero-order valence-electron chi connectivity index (χ0n) is 17.7. The molecule has 0 saturated heterocycles. The Kier molecular flexibility index (Phi) is 5.11. The monoisotopic (exact) mass is 444 g/mol. The van der Waals surface area contributed by atoms with Gasteiger partial charge in [0.1, 0.15) is 5.75 Å². The van der Waals surface area contributed by atoms with E-state index in [0.717, 1.165) is 6.07 Å². The number of hydrogen-bond acceptors (Lipinski definition) is 5. The lowest BCUT2D eigenvalue weighted by atomic mass is 10.1. The number of anilines is 1. The number of fused-ring (bicyclic) bond motifs is 1. The minimum absolute atomic E-state index is 0.0956. The van der Waals surface area contributed by atoms with Crippen LogP contribution in [-0.2, 0) is 13.2 Å². The highest BCUT2D eigenvalue weighted by Gasteiger charge is 2.35. The molecule has 0 bridgehead atoms. The summed E-state index contributed by atoms with van der Waals surface area (Å²) in [4.78, 5) is 17.0. The molecule has 0 fully saturated rings. The van der Waals surface area contributed by atoms with E-state index in [2.05, 4.69) is 20.5 Å². The number of hydrogen-bond donors (Lipinski definition) is 1. The lowest BCUT2D eigenvalue weighted by Crippen LogP contribution is -2.16. The number of carbonyl (C=O) groups excluding carboxylic acids is 1. The molecule has 1 N–H and O–H groups in total. The summed E-state index contributed by atoms with van der Waals surface area (Å²) in [5.41, 5.74) is 0.992. The van der Waals surface area contributed by atoms with E-state index in [1.165, 1.54) is 13.2 Å². The number of methoxy groups -OCH3 is 1. The predicted molar refractivity (Wildman–Crippen MR) is 111 cm³/mol. The van der Waals surface area contributed by atoms with Gasteiger partial charge >= 0.3 is 6.18 Å². The molecule has 166 valence electrons. The van der Waals surface area contributed by atoms with E-state index in [4.69, 9.17) is 4.74 Å². The van der Waals surface area contributed by atoms with Crippen LogP contribution in [0.4, 0.5) is 18.9 Å². The molecule has 1 amide bonds. The first kappa shape index (κ1) is 21.3. The standard InChI is InChI=1S/C21H19F3N6O2/c1-11-19(12(2)29(3)27-11)26-20(31)16-10-18-25-15(13-5-7-14(32-4)8-6-13)9-17(21(22,23)24)30(18)28-16/h5-10H,1-4H3,(H,26,31). The van der Waals surface area contributed by atoms with Crippen LogP contribution < -0.4 is 10.1 Å². The van der Waals surface area contributed by atoms with Crippen molar-refractivity contribution in [2.75, 3.05) is 12.4 Å². The number of aryl methyl sites for hydroxylation is 2. The molecule has 1 aromatic carbocycles. The summed E-state index contributed by atoms with van der Waals surface area (Å²) in [5.74, 6) is -0.0935. The number of rotatable bonds is 4. The Labute approximate surface area is 180 Å². The number of carbonyl (C=O) groups is 1.